The number of hydrogen-bond acceptors (Lipinski definition) is 2. The lowest BCUT2D eigenvalue weighted by Crippen LogP contribution is -2.26. The van der Waals surface area contributed by atoms with Crippen molar-refractivity contribution in [3.05, 3.63) is 312 Å². The van der Waals surface area contributed by atoms with Crippen LogP contribution in [0.5, 0.6) is 0 Å². The third-order valence-corrected chi connectivity index (χ3v) is 16.7. The molecule has 16 rings (SSSR count). The molecule has 14 aromatic rings. The molecule has 0 bridgehead atoms. The summed E-state index contributed by atoms with van der Waals surface area (Å²) in [7, 11) is 0. The minimum atomic E-state index is -0.467. The fraction of sp³-hybridized carbons (Fsp3) is 0.0133. The molecule has 0 atom stereocenters. The highest BCUT2D eigenvalue weighted by molar-refractivity contribution is 6.11. The number of hydrogen-bond donors (Lipinski definition) is 0. The SMILES string of the molecule is C(=Cc1ccc2c(c1)C1(c3ccccc3-c3ccccc31)c1cc(C=Cc3ccc(-c4ccc5c(c4)c4ccccc4n5-c4ccccn4)cc3)ccc1-2)c1ccc(-c2ccc3c(c2)c2ccccc2n3-c2ccccn2)cc1. The summed E-state index contributed by atoms with van der Waals surface area (Å²) in [6.45, 7) is 0. The highest BCUT2D eigenvalue weighted by atomic mass is 15.1. The molecule has 0 saturated heterocycles. The molecular formula is C75H48N4. The number of nitrogens with zero attached hydrogens (tertiary/aromatic N) is 4. The molecule has 4 heteroatoms. The molecule has 0 radical (unpaired) electrons. The van der Waals surface area contributed by atoms with Gasteiger partial charge in [0.15, 0.2) is 0 Å². The van der Waals surface area contributed by atoms with E-state index >= 15 is 0 Å². The van der Waals surface area contributed by atoms with Crippen LogP contribution in [0.25, 0.3) is 124 Å². The maximum absolute atomic E-state index is 4.71. The van der Waals surface area contributed by atoms with Crippen molar-refractivity contribution in [3.63, 3.8) is 0 Å². The van der Waals surface area contributed by atoms with Crippen LogP contribution in [0.4, 0.5) is 0 Å². The Morgan fingerprint density at radius 3 is 1.09 bits per heavy atom. The number of rotatable bonds is 8. The van der Waals surface area contributed by atoms with E-state index in [-0.39, 0.29) is 0 Å². The number of benzene rings is 10. The summed E-state index contributed by atoms with van der Waals surface area (Å²) < 4.78 is 4.52. The minimum absolute atomic E-state index is 0.467. The van der Waals surface area contributed by atoms with Crippen LogP contribution >= 0.6 is 0 Å². The monoisotopic (exact) mass is 1000 g/mol. The maximum atomic E-state index is 4.71. The van der Waals surface area contributed by atoms with E-state index in [1.54, 1.807) is 0 Å². The normalized spacial score (nSPS) is 13.1. The quantitative estimate of drug-likeness (QED) is 0.142. The van der Waals surface area contributed by atoms with Crippen molar-refractivity contribution >= 4 is 67.9 Å². The summed E-state index contributed by atoms with van der Waals surface area (Å²) in [5.74, 6) is 1.84. The highest BCUT2D eigenvalue weighted by Crippen LogP contribution is 2.63. The van der Waals surface area contributed by atoms with Crippen LogP contribution in [-0.4, -0.2) is 19.1 Å². The molecule has 2 aliphatic rings. The summed E-state index contributed by atoms with van der Waals surface area (Å²) in [5, 5.41) is 4.87. The van der Waals surface area contributed by atoms with Gasteiger partial charge in [-0.05, 0) is 162 Å². The summed E-state index contributed by atoms with van der Waals surface area (Å²) in [4.78, 5) is 9.42. The molecule has 0 aliphatic heterocycles. The van der Waals surface area contributed by atoms with E-state index in [4.69, 9.17) is 9.97 Å². The van der Waals surface area contributed by atoms with Crippen LogP contribution in [0.15, 0.2) is 267 Å². The first-order valence-corrected chi connectivity index (χ1v) is 27.1. The van der Waals surface area contributed by atoms with Crippen molar-refractivity contribution in [1.82, 2.24) is 19.1 Å². The van der Waals surface area contributed by atoms with Crippen LogP contribution in [-0.2, 0) is 5.41 Å². The van der Waals surface area contributed by atoms with E-state index in [0.29, 0.717) is 0 Å². The van der Waals surface area contributed by atoms with Crippen molar-refractivity contribution in [3.8, 4) is 56.1 Å². The van der Waals surface area contributed by atoms with Gasteiger partial charge in [-0.3, -0.25) is 9.13 Å². The molecule has 10 aromatic carbocycles. The smallest absolute Gasteiger partial charge is 0.137 e. The molecule has 0 amide bonds. The fourth-order valence-electron chi connectivity index (χ4n) is 13.1. The van der Waals surface area contributed by atoms with Gasteiger partial charge in [0.05, 0.1) is 27.5 Å². The Bertz CT molecular complexity index is 4500. The third-order valence-electron chi connectivity index (χ3n) is 16.7. The molecule has 368 valence electrons. The summed E-state index contributed by atoms with van der Waals surface area (Å²) in [6.07, 6.45) is 12.8. The summed E-state index contributed by atoms with van der Waals surface area (Å²) in [6, 6.07) is 93.1. The topological polar surface area (TPSA) is 35.6 Å². The average molecular weight is 1010 g/mol. The fourth-order valence-corrected chi connectivity index (χ4v) is 13.1. The van der Waals surface area contributed by atoms with Gasteiger partial charge >= 0.3 is 0 Å². The Morgan fingerprint density at radius 1 is 0.266 bits per heavy atom. The Hall–Kier alpha value is -10.4. The molecule has 0 saturated carbocycles. The van der Waals surface area contributed by atoms with Gasteiger partial charge < -0.3 is 0 Å². The molecule has 0 N–H and O–H groups in total. The van der Waals surface area contributed by atoms with Gasteiger partial charge in [0.1, 0.15) is 11.6 Å². The van der Waals surface area contributed by atoms with Crippen molar-refractivity contribution in [2.45, 2.75) is 5.41 Å². The molecule has 0 unspecified atom stereocenters. The molecule has 79 heavy (non-hydrogen) atoms. The van der Waals surface area contributed by atoms with Crippen molar-refractivity contribution in [1.29, 1.82) is 0 Å². The summed E-state index contributed by atoms with van der Waals surface area (Å²) in [5.41, 5.74) is 24.0. The lowest BCUT2D eigenvalue weighted by atomic mass is 9.70. The van der Waals surface area contributed by atoms with Crippen molar-refractivity contribution in [2.75, 3.05) is 0 Å². The first-order valence-electron chi connectivity index (χ1n) is 27.1. The number of para-hydroxylation sites is 2. The van der Waals surface area contributed by atoms with Gasteiger partial charge in [-0.25, -0.2) is 9.97 Å². The van der Waals surface area contributed by atoms with Crippen LogP contribution < -0.4 is 0 Å². The standard InChI is InChI=1S/C75H48N4/c1-5-17-65-57(13-1)58-14-2-6-18-66(58)75(65)67-45-51(25-23-49-27-33-53(34-28-49)55-37-41-71-63(47-55)61-15-3-7-19-69(61)78(71)73-21-9-11-43-76-73)31-39-59(67)60-40-32-52(46-68(60)75)26-24-50-29-35-54(36-30-50)56-38-42-72-64(48-56)62-16-4-8-20-70(62)79(72)74-22-10-12-44-77-74/h1-48H. The first-order chi connectivity index (χ1) is 39.2. The first kappa shape index (κ1) is 44.8. The number of aromatic nitrogens is 4. The van der Waals surface area contributed by atoms with Gasteiger partial charge in [0.25, 0.3) is 0 Å². The van der Waals surface area contributed by atoms with Crippen LogP contribution in [0.1, 0.15) is 44.5 Å². The molecular weight excluding hydrogens is 957 g/mol. The van der Waals surface area contributed by atoms with E-state index in [9.17, 15) is 0 Å². The van der Waals surface area contributed by atoms with E-state index in [2.05, 4.69) is 264 Å². The van der Waals surface area contributed by atoms with Gasteiger partial charge in [-0.15, -0.1) is 0 Å². The van der Waals surface area contributed by atoms with Crippen molar-refractivity contribution in [2.24, 2.45) is 0 Å². The second-order valence-corrected chi connectivity index (χ2v) is 20.9. The van der Waals surface area contributed by atoms with Crippen LogP contribution in [0.3, 0.4) is 0 Å². The van der Waals surface area contributed by atoms with E-state index in [1.165, 1.54) is 99.4 Å². The minimum Gasteiger partial charge on any atom is -0.294 e. The zero-order valence-corrected chi connectivity index (χ0v) is 43.0. The van der Waals surface area contributed by atoms with Crippen LogP contribution in [0.2, 0.25) is 0 Å². The highest BCUT2D eigenvalue weighted by Gasteiger charge is 2.51. The molecule has 2 aliphatic carbocycles. The molecule has 4 aromatic heterocycles. The van der Waals surface area contributed by atoms with Gasteiger partial charge in [0, 0.05) is 33.9 Å². The third kappa shape index (κ3) is 7.01. The Kier molecular flexibility index (Phi) is 10.1. The van der Waals surface area contributed by atoms with E-state index in [1.807, 2.05) is 36.7 Å². The van der Waals surface area contributed by atoms with Crippen LogP contribution in [0, 0.1) is 0 Å². The molecule has 0 fully saturated rings. The van der Waals surface area contributed by atoms with E-state index in [0.717, 1.165) is 44.8 Å². The predicted octanol–water partition coefficient (Wildman–Crippen LogP) is 18.7. The predicted molar refractivity (Wildman–Crippen MR) is 329 cm³/mol. The average Bonchev–Trinajstić information content (AvgIpc) is 4.25. The Balaban J connectivity index is 0.711. The zero-order chi connectivity index (χ0) is 52.0. The number of pyridine rings is 2. The largest absolute Gasteiger partial charge is 0.294 e. The molecule has 4 heterocycles. The number of fused-ring (bicyclic) bond motifs is 16. The molecule has 1 spiro atoms. The van der Waals surface area contributed by atoms with E-state index < -0.39 is 5.41 Å². The molecule has 4 nitrogen and oxygen atoms in total. The van der Waals surface area contributed by atoms with Gasteiger partial charge in [0.2, 0.25) is 0 Å². The van der Waals surface area contributed by atoms with Gasteiger partial charge in [-0.1, -0.05) is 206 Å². The zero-order valence-electron chi connectivity index (χ0n) is 43.0. The maximum Gasteiger partial charge on any atom is 0.137 e. The lowest BCUT2D eigenvalue weighted by Gasteiger charge is -2.30. The lowest BCUT2D eigenvalue weighted by molar-refractivity contribution is 0.793. The summed E-state index contributed by atoms with van der Waals surface area (Å²) >= 11 is 0. The van der Waals surface area contributed by atoms with Crippen molar-refractivity contribution < 1.29 is 0 Å². The Labute approximate surface area is 457 Å². The Morgan fingerprint density at radius 2 is 0.633 bits per heavy atom. The second-order valence-electron chi connectivity index (χ2n) is 20.9. The second kappa shape index (κ2) is 17.8. The van der Waals surface area contributed by atoms with Gasteiger partial charge in [-0.2, -0.15) is 0 Å².